The largest absolute Gasteiger partial charge is 0.463 e. The van der Waals surface area contributed by atoms with Gasteiger partial charge in [0.2, 0.25) is 0 Å². The number of esters is 3. The zero-order valence-corrected chi connectivity index (χ0v) is 16.0. The van der Waals surface area contributed by atoms with Gasteiger partial charge in [-0.2, -0.15) is 0 Å². The number of benzene rings is 1. The zero-order chi connectivity index (χ0) is 20.3. The first kappa shape index (κ1) is 22.2. The van der Waals surface area contributed by atoms with Crippen LogP contribution < -0.4 is 0 Å². The molecule has 0 aliphatic rings. The molecule has 0 unspecified atom stereocenters. The van der Waals surface area contributed by atoms with E-state index in [4.69, 9.17) is 14.2 Å². The van der Waals surface area contributed by atoms with E-state index in [1.54, 1.807) is 51.1 Å². The molecule has 0 atom stereocenters. The molecule has 6 nitrogen and oxygen atoms in total. The lowest BCUT2D eigenvalue weighted by Crippen LogP contribution is -2.23. The second kappa shape index (κ2) is 11.0. The van der Waals surface area contributed by atoms with Crippen molar-refractivity contribution in [3.8, 4) is 0 Å². The fourth-order valence-electron chi connectivity index (χ4n) is 1.89. The lowest BCUT2D eigenvalue weighted by molar-refractivity contribution is -0.140. The van der Waals surface area contributed by atoms with Crippen molar-refractivity contribution in [3.05, 3.63) is 54.1 Å². The van der Waals surface area contributed by atoms with Crippen molar-refractivity contribution in [1.82, 2.24) is 0 Å². The first-order valence-corrected chi connectivity index (χ1v) is 8.69. The summed E-state index contributed by atoms with van der Waals surface area (Å²) in [6.07, 6.45) is 5.22. The number of rotatable bonds is 9. The van der Waals surface area contributed by atoms with E-state index < -0.39 is 23.5 Å². The molecule has 0 saturated carbocycles. The van der Waals surface area contributed by atoms with Crippen molar-refractivity contribution in [1.29, 1.82) is 0 Å². The molecule has 27 heavy (non-hydrogen) atoms. The molecule has 0 fully saturated rings. The van der Waals surface area contributed by atoms with Gasteiger partial charge < -0.3 is 14.2 Å². The number of carbonyl (C=O) groups is 3. The van der Waals surface area contributed by atoms with Crippen molar-refractivity contribution in [2.75, 3.05) is 13.2 Å². The summed E-state index contributed by atoms with van der Waals surface area (Å²) in [6, 6.07) is 6.72. The monoisotopic (exact) mass is 374 g/mol. The van der Waals surface area contributed by atoms with Gasteiger partial charge in [-0.25, -0.2) is 14.4 Å². The maximum Gasteiger partial charge on any atom is 0.338 e. The van der Waals surface area contributed by atoms with Crippen molar-refractivity contribution < 1.29 is 28.6 Å². The van der Waals surface area contributed by atoms with Crippen molar-refractivity contribution in [2.45, 2.75) is 39.2 Å². The topological polar surface area (TPSA) is 78.9 Å². The number of unbranched alkanes of at least 4 members (excludes halogenated alkanes) is 1. The van der Waals surface area contributed by atoms with Gasteiger partial charge in [0.25, 0.3) is 0 Å². The smallest absolute Gasteiger partial charge is 0.338 e. The predicted molar refractivity (Wildman–Crippen MR) is 102 cm³/mol. The Kier molecular flexibility index (Phi) is 8.99. The van der Waals surface area contributed by atoms with E-state index >= 15 is 0 Å². The fraction of sp³-hybridized carbons (Fsp3) is 0.381. The first-order chi connectivity index (χ1) is 12.7. The second-order valence-corrected chi connectivity index (χ2v) is 6.70. The highest BCUT2D eigenvalue weighted by molar-refractivity contribution is 5.90. The number of ether oxygens (including phenoxy) is 3. The lowest BCUT2D eigenvalue weighted by Gasteiger charge is -2.19. The van der Waals surface area contributed by atoms with Gasteiger partial charge in [-0.05, 0) is 57.4 Å². The van der Waals surface area contributed by atoms with Gasteiger partial charge in [-0.15, -0.1) is 0 Å². The highest BCUT2D eigenvalue weighted by atomic mass is 16.6. The summed E-state index contributed by atoms with van der Waals surface area (Å²) in [5, 5.41) is 0. The highest BCUT2D eigenvalue weighted by Gasteiger charge is 2.17. The third kappa shape index (κ3) is 9.99. The summed E-state index contributed by atoms with van der Waals surface area (Å²) in [5.74, 6) is -1.32. The quantitative estimate of drug-likeness (QED) is 0.284. The van der Waals surface area contributed by atoms with E-state index in [0.29, 0.717) is 18.4 Å². The molecule has 0 N–H and O–H groups in total. The number of hydrogen-bond donors (Lipinski definition) is 0. The number of hydrogen-bond acceptors (Lipinski definition) is 6. The zero-order valence-electron chi connectivity index (χ0n) is 16.0. The molecule has 0 heterocycles. The van der Waals surface area contributed by atoms with Crippen LogP contribution in [0.4, 0.5) is 0 Å². The lowest BCUT2D eigenvalue weighted by atomic mass is 10.1. The molecule has 0 bridgehead atoms. The number of carbonyl (C=O) groups excluding carboxylic acids is 3. The first-order valence-electron chi connectivity index (χ1n) is 8.69. The molecule has 0 radical (unpaired) electrons. The summed E-state index contributed by atoms with van der Waals surface area (Å²) in [4.78, 5) is 34.4. The molecule has 1 aromatic rings. The molecule has 0 spiro atoms. The Morgan fingerprint density at radius 3 is 2.04 bits per heavy atom. The van der Waals surface area contributed by atoms with Gasteiger partial charge >= 0.3 is 17.9 Å². The van der Waals surface area contributed by atoms with Crippen LogP contribution in [-0.4, -0.2) is 36.7 Å². The Labute approximate surface area is 159 Å². The minimum absolute atomic E-state index is 0.242. The predicted octanol–water partition coefficient (Wildman–Crippen LogP) is 3.71. The molecule has 0 aliphatic heterocycles. The Morgan fingerprint density at radius 2 is 1.52 bits per heavy atom. The van der Waals surface area contributed by atoms with Gasteiger partial charge in [0, 0.05) is 12.2 Å². The summed E-state index contributed by atoms with van der Waals surface area (Å²) in [7, 11) is 0. The molecule has 0 amide bonds. The third-order valence-electron chi connectivity index (χ3n) is 3.15. The van der Waals surface area contributed by atoms with Gasteiger partial charge in [0.05, 0.1) is 18.8 Å². The van der Waals surface area contributed by atoms with Gasteiger partial charge in [0.15, 0.2) is 0 Å². The minimum atomic E-state index is -0.549. The summed E-state index contributed by atoms with van der Waals surface area (Å²) in [6.45, 7) is 9.23. The van der Waals surface area contributed by atoms with E-state index in [1.807, 2.05) is 0 Å². The molecule has 1 rings (SSSR count). The van der Waals surface area contributed by atoms with E-state index in [1.165, 1.54) is 6.08 Å². The Balaban J connectivity index is 2.35. The maximum atomic E-state index is 11.9. The third-order valence-corrected chi connectivity index (χ3v) is 3.15. The van der Waals surface area contributed by atoms with Crippen LogP contribution >= 0.6 is 0 Å². The van der Waals surface area contributed by atoms with Crippen LogP contribution in [0.3, 0.4) is 0 Å². The van der Waals surface area contributed by atoms with Crippen LogP contribution in [-0.2, 0) is 23.8 Å². The fourth-order valence-corrected chi connectivity index (χ4v) is 1.89. The van der Waals surface area contributed by atoms with Crippen molar-refractivity contribution in [2.24, 2.45) is 0 Å². The molecule has 0 aromatic heterocycles. The summed E-state index contributed by atoms with van der Waals surface area (Å²) >= 11 is 0. The van der Waals surface area contributed by atoms with Crippen LogP contribution in [0.5, 0.6) is 0 Å². The van der Waals surface area contributed by atoms with E-state index in [2.05, 4.69) is 6.58 Å². The normalized spacial score (nSPS) is 11.1. The molecule has 0 aliphatic carbocycles. The SMILES string of the molecule is C=CC(=O)OCCCCOC(=O)/C=C/c1ccc(C(=O)OC(C)(C)C)cc1. The average Bonchev–Trinajstić information content (AvgIpc) is 2.61. The van der Waals surface area contributed by atoms with Gasteiger partial charge in [-0.1, -0.05) is 18.7 Å². The minimum Gasteiger partial charge on any atom is -0.463 e. The Morgan fingerprint density at radius 1 is 0.963 bits per heavy atom. The Bertz CT molecular complexity index is 680. The van der Waals surface area contributed by atoms with Gasteiger partial charge in [0.1, 0.15) is 5.60 Å². The highest BCUT2D eigenvalue weighted by Crippen LogP contribution is 2.13. The van der Waals surface area contributed by atoms with E-state index in [-0.39, 0.29) is 13.2 Å². The van der Waals surface area contributed by atoms with Crippen molar-refractivity contribution >= 4 is 24.0 Å². The molecule has 146 valence electrons. The molecule has 0 saturated heterocycles. The van der Waals surface area contributed by atoms with Crippen molar-refractivity contribution in [3.63, 3.8) is 0 Å². The van der Waals surface area contributed by atoms with Crippen LogP contribution in [0, 0.1) is 0 Å². The second-order valence-electron chi connectivity index (χ2n) is 6.70. The van der Waals surface area contributed by atoms with Crippen LogP contribution in [0.25, 0.3) is 6.08 Å². The molecule has 1 aromatic carbocycles. The van der Waals surface area contributed by atoms with Crippen LogP contribution in [0.2, 0.25) is 0 Å². The Hall–Kier alpha value is -2.89. The van der Waals surface area contributed by atoms with Gasteiger partial charge in [-0.3, -0.25) is 0 Å². The molecular weight excluding hydrogens is 348 g/mol. The van der Waals surface area contributed by atoms with Crippen LogP contribution in [0.15, 0.2) is 43.0 Å². The average molecular weight is 374 g/mol. The van der Waals surface area contributed by atoms with Crippen LogP contribution in [0.1, 0.15) is 49.5 Å². The molecule has 6 heteroatoms. The van der Waals surface area contributed by atoms with E-state index in [9.17, 15) is 14.4 Å². The van der Waals surface area contributed by atoms with E-state index in [0.717, 1.165) is 11.6 Å². The molecular formula is C21H26O6. The summed E-state index contributed by atoms with van der Waals surface area (Å²) < 4.78 is 15.2. The summed E-state index contributed by atoms with van der Waals surface area (Å²) in [5.41, 5.74) is 0.657. The maximum absolute atomic E-state index is 11.9. The standard InChI is InChI=1S/C21H26O6/c1-5-18(22)25-14-6-7-15-26-19(23)13-10-16-8-11-17(12-9-16)20(24)27-21(2,3)4/h5,8-13H,1,6-7,14-15H2,2-4H3/b13-10+.